The molecule has 1 saturated heterocycles. The lowest BCUT2D eigenvalue weighted by atomic mass is 10.0. The first-order chi connectivity index (χ1) is 11.6. The Labute approximate surface area is 143 Å². The van der Waals surface area contributed by atoms with Gasteiger partial charge in [-0.3, -0.25) is 4.79 Å². The van der Waals surface area contributed by atoms with Crippen molar-refractivity contribution in [3.63, 3.8) is 0 Å². The second kappa shape index (κ2) is 7.36. The maximum absolute atomic E-state index is 12.2. The van der Waals surface area contributed by atoms with E-state index in [2.05, 4.69) is 64.9 Å². The van der Waals surface area contributed by atoms with Gasteiger partial charge in [0, 0.05) is 30.1 Å². The standard InChI is InChI=1S/C19H28N4O/c1-4-8-13(3)19(24)20-18-12-15(21-22-18)17-11-14-9-6-7-10-16(14)23(17)5-2/h6-7,9-11,13,15,18,21-22H,4-5,8,12H2,1-3H3,(H,20,24). The van der Waals surface area contributed by atoms with Crippen LogP contribution < -0.4 is 16.2 Å². The van der Waals surface area contributed by atoms with Gasteiger partial charge in [-0.15, -0.1) is 0 Å². The molecule has 1 amide bonds. The number of rotatable bonds is 6. The van der Waals surface area contributed by atoms with Gasteiger partial charge in [0.1, 0.15) is 0 Å². The maximum Gasteiger partial charge on any atom is 0.224 e. The number of carbonyl (C=O) groups excluding carboxylic acids is 1. The molecule has 24 heavy (non-hydrogen) atoms. The second-order valence-corrected chi connectivity index (χ2v) is 6.70. The average molecular weight is 328 g/mol. The van der Waals surface area contributed by atoms with Crippen LogP contribution >= 0.6 is 0 Å². The monoisotopic (exact) mass is 328 g/mol. The Morgan fingerprint density at radius 1 is 1.33 bits per heavy atom. The fourth-order valence-electron chi connectivity index (χ4n) is 3.60. The molecule has 1 aromatic carbocycles. The van der Waals surface area contributed by atoms with Crippen molar-refractivity contribution in [3.05, 3.63) is 36.0 Å². The molecule has 1 aromatic heterocycles. The van der Waals surface area contributed by atoms with Gasteiger partial charge in [0.2, 0.25) is 5.91 Å². The van der Waals surface area contributed by atoms with E-state index in [0.717, 1.165) is 25.8 Å². The summed E-state index contributed by atoms with van der Waals surface area (Å²) in [7, 11) is 0. The SMILES string of the molecule is CCCC(C)C(=O)NC1CC(c2cc3ccccc3n2CC)NN1. The quantitative estimate of drug-likeness (QED) is 0.764. The highest BCUT2D eigenvalue weighted by molar-refractivity contribution is 5.81. The molecule has 1 fully saturated rings. The highest BCUT2D eigenvalue weighted by atomic mass is 16.2. The van der Waals surface area contributed by atoms with E-state index in [1.165, 1.54) is 16.6 Å². The first-order valence-electron chi connectivity index (χ1n) is 9.03. The van der Waals surface area contributed by atoms with Crippen LogP contribution in [0.3, 0.4) is 0 Å². The van der Waals surface area contributed by atoms with Crippen LogP contribution in [0.25, 0.3) is 10.9 Å². The zero-order valence-corrected chi connectivity index (χ0v) is 14.8. The van der Waals surface area contributed by atoms with E-state index in [1.54, 1.807) is 0 Å². The average Bonchev–Trinajstić information content (AvgIpc) is 3.18. The van der Waals surface area contributed by atoms with E-state index in [9.17, 15) is 4.79 Å². The number of nitrogens with zero attached hydrogens (tertiary/aromatic N) is 1. The van der Waals surface area contributed by atoms with E-state index < -0.39 is 0 Å². The van der Waals surface area contributed by atoms with Crippen molar-refractivity contribution in [3.8, 4) is 0 Å². The maximum atomic E-state index is 12.2. The summed E-state index contributed by atoms with van der Waals surface area (Å²) in [6.45, 7) is 7.21. The molecule has 1 aliphatic heterocycles. The summed E-state index contributed by atoms with van der Waals surface area (Å²) in [4.78, 5) is 12.2. The fourth-order valence-corrected chi connectivity index (χ4v) is 3.60. The predicted molar refractivity (Wildman–Crippen MR) is 97.2 cm³/mol. The smallest absolute Gasteiger partial charge is 0.224 e. The number of carbonyl (C=O) groups is 1. The molecule has 0 aliphatic carbocycles. The van der Waals surface area contributed by atoms with Gasteiger partial charge in [0.25, 0.3) is 0 Å². The molecule has 1 aliphatic rings. The third-order valence-electron chi connectivity index (χ3n) is 4.90. The minimum Gasteiger partial charge on any atom is -0.343 e. The molecular weight excluding hydrogens is 300 g/mol. The van der Waals surface area contributed by atoms with E-state index >= 15 is 0 Å². The molecule has 5 heteroatoms. The number of aromatic nitrogens is 1. The molecule has 0 saturated carbocycles. The molecule has 2 aromatic rings. The Hall–Kier alpha value is -1.85. The first-order valence-corrected chi connectivity index (χ1v) is 9.03. The van der Waals surface area contributed by atoms with Crippen molar-refractivity contribution in [1.82, 2.24) is 20.7 Å². The Balaban J connectivity index is 1.71. The summed E-state index contributed by atoms with van der Waals surface area (Å²) in [5.41, 5.74) is 9.12. The van der Waals surface area contributed by atoms with Crippen LogP contribution in [-0.4, -0.2) is 16.6 Å². The summed E-state index contributed by atoms with van der Waals surface area (Å²) >= 11 is 0. The lowest BCUT2D eigenvalue weighted by molar-refractivity contribution is -0.125. The van der Waals surface area contributed by atoms with Gasteiger partial charge in [0.15, 0.2) is 0 Å². The first kappa shape index (κ1) is 17.0. The summed E-state index contributed by atoms with van der Waals surface area (Å²) in [6, 6.07) is 10.9. The Bertz CT molecular complexity index is 708. The van der Waals surface area contributed by atoms with Crippen molar-refractivity contribution in [2.45, 2.75) is 58.8 Å². The molecule has 130 valence electrons. The summed E-state index contributed by atoms with van der Waals surface area (Å²) in [6.07, 6.45) is 2.79. The zero-order chi connectivity index (χ0) is 17.1. The number of para-hydroxylation sites is 1. The largest absolute Gasteiger partial charge is 0.343 e. The van der Waals surface area contributed by atoms with Crippen LogP contribution in [0.5, 0.6) is 0 Å². The zero-order valence-electron chi connectivity index (χ0n) is 14.8. The third-order valence-corrected chi connectivity index (χ3v) is 4.90. The predicted octanol–water partition coefficient (Wildman–Crippen LogP) is 3.08. The van der Waals surface area contributed by atoms with Crippen LogP contribution in [0, 0.1) is 5.92 Å². The Morgan fingerprint density at radius 3 is 2.88 bits per heavy atom. The molecule has 5 nitrogen and oxygen atoms in total. The number of amides is 1. The van der Waals surface area contributed by atoms with Crippen molar-refractivity contribution < 1.29 is 4.79 Å². The Kier molecular flexibility index (Phi) is 5.21. The van der Waals surface area contributed by atoms with Gasteiger partial charge in [-0.05, 0) is 30.9 Å². The number of benzene rings is 1. The topological polar surface area (TPSA) is 58.1 Å². The number of hydrogen-bond acceptors (Lipinski definition) is 3. The molecule has 0 spiro atoms. The molecular formula is C19H28N4O. The van der Waals surface area contributed by atoms with Crippen LogP contribution in [0.15, 0.2) is 30.3 Å². The lowest BCUT2D eigenvalue weighted by Gasteiger charge is -2.16. The van der Waals surface area contributed by atoms with E-state index in [1.807, 2.05) is 6.92 Å². The normalized spacial score (nSPS) is 22.0. The van der Waals surface area contributed by atoms with Gasteiger partial charge in [-0.2, -0.15) is 0 Å². The van der Waals surface area contributed by atoms with Gasteiger partial charge in [-0.25, -0.2) is 10.9 Å². The minimum atomic E-state index is -0.0230. The van der Waals surface area contributed by atoms with E-state index in [4.69, 9.17) is 0 Å². The van der Waals surface area contributed by atoms with E-state index in [0.29, 0.717) is 0 Å². The molecule has 0 radical (unpaired) electrons. The third kappa shape index (κ3) is 3.32. The van der Waals surface area contributed by atoms with Crippen molar-refractivity contribution in [1.29, 1.82) is 0 Å². The summed E-state index contributed by atoms with van der Waals surface area (Å²) in [5.74, 6) is 0.200. The lowest BCUT2D eigenvalue weighted by Crippen LogP contribution is -2.45. The molecule has 0 bridgehead atoms. The molecule has 3 atom stereocenters. The number of hydrogen-bond donors (Lipinski definition) is 3. The van der Waals surface area contributed by atoms with Gasteiger partial charge in [-0.1, -0.05) is 38.5 Å². The van der Waals surface area contributed by atoms with Gasteiger partial charge in [0.05, 0.1) is 12.2 Å². The molecule has 2 heterocycles. The minimum absolute atomic E-state index is 0.0230. The van der Waals surface area contributed by atoms with Crippen molar-refractivity contribution in [2.24, 2.45) is 5.92 Å². The number of fused-ring (bicyclic) bond motifs is 1. The molecule has 3 N–H and O–H groups in total. The van der Waals surface area contributed by atoms with Crippen LogP contribution in [0.2, 0.25) is 0 Å². The highest BCUT2D eigenvalue weighted by Gasteiger charge is 2.29. The van der Waals surface area contributed by atoms with Crippen molar-refractivity contribution in [2.75, 3.05) is 0 Å². The second-order valence-electron chi connectivity index (χ2n) is 6.70. The highest BCUT2D eigenvalue weighted by Crippen LogP contribution is 2.28. The number of nitrogens with one attached hydrogen (secondary N) is 3. The van der Waals surface area contributed by atoms with Gasteiger partial charge < -0.3 is 9.88 Å². The van der Waals surface area contributed by atoms with Crippen LogP contribution in [0.1, 0.15) is 51.8 Å². The Morgan fingerprint density at radius 2 is 2.12 bits per heavy atom. The fraction of sp³-hybridized carbons (Fsp3) is 0.526. The van der Waals surface area contributed by atoms with Crippen molar-refractivity contribution >= 4 is 16.8 Å². The van der Waals surface area contributed by atoms with Crippen LogP contribution in [-0.2, 0) is 11.3 Å². The van der Waals surface area contributed by atoms with Gasteiger partial charge >= 0.3 is 0 Å². The van der Waals surface area contributed by atoms with Crippen LogP contribution in [0.4, 0.5) is 0 Å². The summed E-state index contributed by atoms with van der Waals surface area (Å²) in [5, 5.41) is 4.38. The van der Waals surface area contributed by atoms with E-state index in [-0.39, 0.29) is 24.0 Å². The number of aryl methyl sites for hydroxylation is 1. The molecule has 3 rings (SSSR count). The number of hydrazine groups is 1. The molecule has 3 unspecified atom stereocenters. The summed E-state index contributed by atoms with van der Waals surface area (Å²) < 4.78 is 2.35.